The van der Waals surface area contributed by atoms with Crippen molar-refractivity contribution in [1.82, 2.24) is 4.90 Å². The second-order valence-electron chi connectivity index (χ2n) is 10.1. The first kappa shape index (κ1) is 22.5. The number of ether oxygens (including phenoxy) is 1. The van der Waals surface area contributed by atoms with Crippen LogP contribution in [0, 0.1) is 0 Å². The molecule has 4 heteroatoms. The van der Waals surface area contributed by atoms with Crippen LogP contribution in [0.1, 0.15) is 62.4 Å². The van der Waals surface area contributed by atoms with Gasteiger partial charge in [0.25, 0.3) is 0 Å². The zero-order chi connectivity index (χ0) is 23.1. The SMILES string of the molecule is COC(=O)/C=C/c1ccc(C2C3=C(CC(C)(C)N2CC(C)(C)F)c2ccccc2C3)cc1. The molecule has 1 aliphatic carbocycles. The van der Waals surface area contributed by atoms with E-state index in [4.69, 9.17) is 0 Å². The van der Waals surface area contributed by atoms with E-state index in [1.807, 2.05) is 12.1 Å². The molecule has 0 saturated carbocycles. The van der Waals surface area contributed by atoms with Crippen LogP contribution in [0.5, 0.6) is 0 Å². The third kappa shape index (κ3) is 4.42. The van der Waals surface area contributed by atoms with Crippen molar-refractivity contribution in [2.45, 2.75) is 57.8 Å². The highest BCUT2D eigenvalue weighted by Gasteiger charge is 2.45. The van der Waals surface area contributed by atoms with Gasteiger partial charge in [-0.3, -0.25) is 4.90 Å². The maximum absolute atomic E-state index is 15.0. The molecule has 2 aromatic rings. The minimum atomic E-state index is -1.30. The summed E-state index contributed by atoms with van der Waals surface area (Å²) in [4.78, 5) is 13.8. The van der Waals surface area contributed by atoms with Gasteiger partial charge < -0.3 is 4.74 Å². The standard InChI is InChI=1S/C28H32FNO2/c1-27(2,29)18-30-26(20-13-10-19(11-14-20)12-15-25(31)32-5)23-16-21-8-6-7-9-22(21)24(23)17-28(30,3)4/h6-15,26H,16-18H2,1-5H3/b15-12+. The number of methoxy groups -OCH3 is 1. The van der Waals surface area contributed by atoms with Crippen LogP contribution >= 0.6 is 0 Å². The molecule has 0 N–H and O–H groups in total. The highest BCUT2D eigenvalue weighted by atomic mass is 19.1. The number of carbonyl (C=O) groups is 1. The smallest absolute Gasteiger partial charge is 0.330 e. The molecule has 1 atom stereocenters. The lowest BCUT2D eigenvalue weighted by Gasteiger charge is -2.50. The molecule has 1 heterocycles. The van der Waals surface area contributed by atoms with Crippen LogP contribution in [0.2, 0.25) is 0 Å². The fraction of sp³-hybridized carbons (Fsp3) is 0.393. The predicted molar refractivity (Wildman–Crippen MR) is 128 cm³/mol. The van der Waals surface area contributed by atoms with Gasteiger partial charge in [-0.1, -0.05) is 48.5 Å². The van der Waals surface area contributed by atoms with Crippen LogP contribution in [0.4, 0.5) is 4.39 Å². The van der Waals surface area contributed by atoms with Crippen LogP contribution in [0.25, 0.3) is 11.6 Å². The third-order valence-corrected chi connectivity index (χ3v) is 6.55. The number of esters is 1. The monoisotopic (exact) mass is 433 g/mol. The molecule has 0 saturated heterocycles. The van der Waals surface area contributed by atoms with Gasteiger partial charge in [0.2, 0.25) is 0 Å². The van der Waals surface area contributed by atoms with Crippen molar-refractivity contribution in [3.8, 4) is 0 Å². The molecule has 1 aliphatic heterocycles. The van der Waals surface area contributed by atoms with Crippen LogP contribution in [0.3, 0.4) is 0 Å². The molecule has 0 fully saturated rings. The summed E-state index contributed by atoms with van der Waals surface area (Å²) in [7, 11) is 1.37. The normalized spacial score (nSPS) is 20.4. The van der Waals surface area contributed by atoms with Crippen molar-refractivity contribution in [2.75, 3.05) is 13.7 Å². The van der Waals surface area contributed by atoms with E-state index in [1.54, 1.807) is 19.9 Å². The van der Waals surface area contributed by atoms with Gasteiger partial charge in [0.05, 0.1) is 13.2 Å². The largest absolute Gasteiger partial charge is 0.466 e. The lowest BCUT2D eigenvalue weighted by Crippen LogP contribution is -2.53. The Morgan fingerprint density at radius 2 is 1.88 bits per heavy atom. The van der Waals surface area contributed by atoms with E-state index in [0.29, 0.717) is 6.54 Å². The summed E-state index contributed by atoms with van der Waals surface area (Å²) in [6.07, 6.45) is 4.98. The highest BCUT2D eigenvalue weighted by molar-refractivity contribution is 5.87. The van der Waals surface area contributed by atoms with Gasteiger partial charge >= 0.3 is 5.97 Å². The Kier molecular flexibility index (Phi) is 5.85. The average Bonchev–Trinajstić information content (AvgIpc) is 3.09. The summed E-state index contributed by atoms with van der Waals surface area (Å²) in [5.41, 5.74) is 6.09. The fourth-order valence-electron chi connectivity index (χ4n) is 5.11. The molecule has 32 heavy (non-hydrogen) atoms. The van der Waals surface area contributed by atoms with Crippen molar-refractivity contribution in [3.63, 3.8) is 0 Å². The zero-order valence-electron chi connectivity index (χ0n) is 19.6. The fourth-order valence-corrected chi connectivity index (χ4v) is 5.11. The van der Waals surface area contributed by atoms with Crippen molar-refractivity contribution in [3.05, 3.63) is 82.4 Å². The molecule has 0 amide bonds. The van der Waals surface area contributed by atoms with E-state index < -0.39 is 5.67 Å². The first-order valence-electron chi connectivity index (χ1n) is 11.2. The molecule has 168 valence electrons. The van der Waals surface area contributed by atoms with Crippen LogP contribution in [0.15, 0.2) is 60.2 Å². The molecule has 0 aromatic heterocycles. The molecular formula is C28H32FNO2. The molecule has 2 aromatic carbocycles. The van der Waals surface area contributed by atoms with Crippen LogP contribution < -0.4 is 0 Å². The second kappa shape index (κ2) is 8.32. The van der Waals surface area contributed by atoms with E-state index in [-0.39, 0.29) is 17.6 Å². The van der Waals surface area contributed by atoms with E-state index in [0.717, 1.165) is 24.0 Å². The molecular weight excluding hydrogens is 401 g/mol. The molecule has 0 spiro atoms. The highest BCUT2D eigenvalue weighted by Crippen LogP contribution is 2.52. The minimum Gasteiger partial charge on any atom is -0.466 e. The van der Waals surface area contributed by atoms with Crippen LogP contribution in [-0.4, -0.2) is 35.7 Å². The molecule has 1 unspecified atom stereocenters. The van der Waals surface area contributed by atoms with Crippen molar-refractivity contribution in [1.29, 1.82) is 0 Å². The summed E-state index contributed by atoms with van der Waals surface area (Å²) in [6, 6.07) is 16.9. The number of hydrogen-bond acceptors (Lipinski definition) is 3. The second-order valence-corrected chi connectivity index (χ2v) is 10.1. The van der Waals surface area contributed by atoms with Gasteiger partial charge in [0.15, 0.2) is 0 Å². The first-order chi connectivity index (χ1) is 15.1. The van der Waals surface area contributed by atoms with Crippen molar-refractivity contribution >= 4 is 17.6 Å². The third-order valence-electron chi connectivity index (χ3n) is 6.55. The van der Waals surface area contributed by atoms with Gasteiger partial charge in [-0.05, 0) is 80.0 Å². The average molecular weight is 434 g/mol. The van der Waals surface area contributed by atoms with Gasteiger partial charge in [-0.2, -0.15) is 0 Å². The number of carbonyl (C=O) groups excluding carboxylic acids is 1. The quantitative estimate of drug-likeness (QED) is 0.418. The van der Waals surface area contributed by atoms with Gasteiger partial charge in [-0.25, -0.2) is 9.18 Å². The van der Waals surface area contributed by atoms with E-state index >= 15 is 0 Å². The Balaban J connectivity index is 1.77. The van der Waals surface area contributed by atoms with E-state index in [1.165, 1.54) is 35.5 Å². The summed E-state index contributed by atoms with van der Waals surface area (Å²) in [5, 5.41) is 0. The maximum atomic E-state index is 15.0. The Labute approximate surface area is 190 Å². The van der Waals surface area contributed by atoms with Gasteiger partial charge in [0.1, 0.15) is 5.67 Å². The number of nitrogens with zero attached hydrogens (tertiary/aromatic N) is 1. The Morgan fingerprint density at radius 3 is 2.53 bits per heavy atom. The van der Waals surface area contributed by atoms with Gasteiger partial charge in [-0.15, -0.1) is 0 Å². The Bertz CT molecular complexity index is 1070. The minimum absolute atomic E-state index is 0.00908. The predicted octanol–water partition coefficient (Wildman–Crippen LogP) is 6.16. The number of benzene rings is 2. The first-order valence-corrected chi connectivity index (χ1v) is 11.2. The van der Waals surface area contributed by atoms with E-state index in [2.05, 4.69) is 59.9 Å². The summed E-state index contributed by atoms with van der Waals surface area (Å²) >= 11 is 0. The molecule has 3 nitrogen and oxygen atoms in total. The lowest BCUT2D eigenvalue weighted by molar-refractivity contribution is -0.134. The molecule has 2 aliphatic rings. The maximum Gasteiger partial charge on any atom is 0.330 e. The molecule has 0 bridgehead atoms. The topological polar surface area (TPSA) is 29.5 Å². The van der Waals surface area contributed by atoms with Crippen molar-refractivity contribution < 1.29 is 13.9 Å². The zero-order valence-corrected chi connectivity index (χ0v) is 19.6. The summed E-state index contributed by atoms with van der Waals surface area (Å²) in [5.74, 6) is -0.377. The lowest BCUT2D eigenvalue weighted by atomic mass is 9.78. The van der Waals surface area contributed by atoms with Gasteiger partial charge in [0, 0.05) is 18.2 Å². The summed E-state index contributed by atoms with van der Waals surface area (Å²) < 4.78 is 19.7. The Morgan fingerprint density at radius 1 is 1.19 bits per heavy atom. The summed E-state index contributed by atoms with van der Waals surface area (Å²) in [6.45, 7) is 8.14. The van der Waals surface area contributed by atoms with E-state index in [9.17, 15) is 9.18 Å². The number of fused-ring (bicyclic) bond motifs is 2. The van der Waals surface area contributed by atoms with Crippen LogP contribution in [-0.2, 0) is 16.0 Å². The molecule has 0 radical (unpaired) electrons. The number of alkyl halides is 1. The number of hydrogen-bond donors (Lipinski definition) is 0. The molecule has 4 rings (SSSR count). The number of rotatable bonds is 5. The number of halogens is 1. The Hall–Kier alpha value is -2.72. The van der Waals surface area contributed by atoms with Crippen molar-refractivity contribution in [2.24, 2.45) is 0 Å².